The van der Waals surface area contributed by atoms with Gasteiger partial charge in [-0.15, -0.1) is 0 Å². The molecule has 1 aliphatic rings. The number of primary amides is 1. The summed E-state index contributed by atoms with van der Waals surface area (Å²) in [7, 11) is 0. The normalized spacial score (nSPS) is 18.0. The van der Waals surface area contributed by atoms with Crippen molar-refractivity contribution in [3.63, 3.8) is 0 Å². The van der Waals surface area contributed by atoms with Gasteiger partial charge in [0.25, 0.3) is 5.91 Å². The average molecular weight is 348 g/mol. The number of rotatable bonds is 4. The topological polar surface area (TPSA) is 77.0 Å². The highest BCUT2D eigenvalue weighted by molar-refractivity contribution is 6.34. The van der Waals surface area contributed by atoms with Gasteiger partial charge >= 0.3 is 0 Å². The van der Waals surface area contributed by atoms with E-state index in [-0.39, 0.29) is 0 Å². The van der Waals surface area contributed by atoms with Crippen LogP contribution in [-0.2, 0) is 6.54 Å². The van der Waals surface area contributed by atoms with E-state index in [1.165, 1.54) is 0 Å². The van der Waals surface area contributed by atoms with Crippen LogP contribution in [0.5, 0.6) is 0 Å². The van der Waals surface area contributed by atoms with Gasteiger partial charge in [0.15, 0.2) is 0 Å². The van der Waals surface area contributed by atoms with E-state index in [4.69, 9.17) is 17.3 Å². The Labute approximate surface area is 146 Å². The highest BCUT2D eigenvalue weighted by Crippen LogP contribution is 2.31. The molecule has 0 radical (unpaired) electrons. The Bertz CT molecular complexity index is 757. The van der Waals surface area contributed by atoms with Gasteiger partial charge in [-0.1, -0.05) is 17.7 Å². The molecule has 7 heteroatoms. The second kappa shape index (κ2) is 6.81. The lowest BCUT2D eigenvalue weighted by molar-refractivity contribution is 0.100. The second-order valence-electron chi connectivity index (χ2n) is 6.34. The van der Waals surface area contributed by atoms with E-state index in [0.717, 1.165) is 49.8 Å². The minimum Gasteiger partial charge on any atom is -0.370 e. The van der Waals surface area contributed by atoms with Crippen LogP contribution in [0.4, 0.5) is 5.69 Å². The van der Waals surface area contributed by atoms with Crippen molar-refractivity contribution >= 4 is 23.2 Å². The Balaban J connectivity index is 1.80. The summed E-state index contributed by atoms with van der Waals surface area (Å²) >= 11 is 6.18. The van der Waals surface area contributed by atoms with Crippen LogP contribution in [0.25, 0.3) is 0 Å². The van der Waals surface area contributed by atoms with Gasteiger partial charge in [-0.3, -0.25) is 4.79 Å². The maximum Gasteiger partial charge on any atom is 0.252 e. The minimum absolute atomic E-state index is 0.407. The lowest BCUT2D eigenvalue weighted by Crippen LogP contribution is -2.38. The summed E-state index contributed by atoms with van der Waals surface area (Å²) in [6.45, 7) is 6.45. The third-order valence-corrected chi connectivity index (χ3v) is 4.81. The molecule has 2 aromatic rings. The summed E-state index contributed by atoms with van der Waals surface area (Å²) in [5, 5.41) is 4.86. The van der Waals surface area contributed by atoms with E-state index >= 15 is 0 Å². The summed E-state index contributed by atoms with van der Waals surface area (Å²) in [6, 6.07) is 5.48. The first-order valence-electron chi connectivity index (χ1n) is 8.17. The predicted octanol–water partition coefficient (Wildman–Crippen LogP) is 2.56. The van der Waals surface area contributed by atoms with Crippen molar-refractivity contribution in [2.75, 3.05) is 18.0 Å². The molecule has 1 aromatic heterocycles. The quantitative estimate of drug-likeness (QED) is 0.922. The molecule has 1 fully saturated rings. The van der Waals surface area contributed by atoms with E-state index in [0.29, 0.717) is 16.5 Å². The van der Waals surface area contributed by atoms with Crippen molar-refractivity contribution in [3.05, 3.63) is 40.4 Å². The Hall–Kier alpha value is -2.08. The van der Waals surface area contributed by atoms with E-state index in [1.807, 2.05) is 30.7 Å². The van der Waals surface area contributed by atoms with Crippen LogP contribution in [0.15, 0.2) is 18.2 Å². The maximum atomic E-state index is 11.8. The lowest BCUT2D eigenvalue weighted by Gasteiger charge is -2.35. The zero-order chi connectivity index (χ0) is 17.3. The van der Waals surface area contributed by atoms with Crippen molar-refractivity contribution in [1.82, 2.24) is 14.8 Å². The van der Waals surface area contributed by atoms with Crippen LogP contribution in [0.1, 0.15) is 34.8 Å². The van der Waals surface area contributed by atoms with Gasteiger partial charge < -0.3 is 10.6 Å². The Kier molecular flexibility index (Phi) is 4.76. The van der Waals surface area contributed by atoms with E-state index < -0.39 is 5.91 Å². The molecule has 1 unspecified atom stereocenters. The Morgan fingerprint density at radius 2 is 2.21 bits per heavy atom. The van der Waals surface area contributed by atoms with E-state index in [9.17, 15) is 4.79 Å². The third kappa shape index (κ3) is 3.38. The molecule has 0 spiro atoms. The van der Waals surface area contributed by atoms with Crippen LogP contribution in [-0.4, -0.2) is 33.8 Å². The van der Waals surface area contributed by atoms with E-state index in [2.05, 4.69) is 15.0 Å². The number of anilines is 1. The molecule has 1 aliphatic heterocycles. The number of benzene rings is 1. The Morgan fingerprint density at radius 3 is 2.88 bits per heavy atom. The molecule has 2 heterocycles. The molecule has 24 heavy (non-hydrogen) atoms. The first-order chi connectivity index (χ1) is 11.5. The molecule has 1 aromatic carbocycles. The third-order valence-electron chi connectivity index (χ3n) is 4.49. The van der Waals surface area contributed by atoms with Crippen LogP contribution >= 0.6 is 11.6 Å². The number of hydrogen-bond acceptors (Lipinski definition) is 4. The summed E-state index contributed by atoms with van der Waals surface area (Å²) in [4.78, 5) is 18.4. The largest absolute Gasteiger partial charge is 0.370 e. The molecule has 0 saturated carbocycles. The summed E-state index contributed by atoms with van der Waals surface area (Å²) in [5.74, 6) is 1.69. The Morgan fingerprint density at radius 1 is 1.42 bits per heavy atom. The smallest absolute Gasteiger partial charge is 0.252 e. The van der Waals surface area contributed by atoms with Crippen molar-refractivity contribution < 1.29 is 4.79 Å². The van der Waals surface area contributed by atoms with Gasteiger partial charge in [0.2, 0.25) is 0 Å². The molecule has 1 atom stereocenters. The lowest BCUT2D eigenvalue weighted by atomic mass is 9.96. The summed E-state index contributed by atoms with van der Waals surface area (Å²) in [6.07, 6.45) is 2.18. The molecule has 0 aliphatic carbocycles. The van der Waals surface area contributed by atoms with Crippen molar-refractivity contribution in [2.45, 2.75) is 33.2 Å². The van der Waals surface area contributed by atoms with Gasteiger partial charge in [-0.25, -0.2) is 9.67 Å². The molecule has 6 nitrogen and oxygen atoms in total. The SMILES string of the molecule is Cc1nc(C)n(CC2CCCN(c3cccc(Cl)c3C(N)=O)C2)n1. The van der Waals surface area contributed by atoms with Crippen LogP contribution in [0, 0.1) is 19.8 Å². The van der Waals surface area contributed by atoms with Gasteiger partial charge in [0.05, 0.1) is 16.3 Å². The number of piperidine rings is 1. The van der Waals surface area contributed by atoms with Crippen LogP contribution in [0.3, 0.4) is 0 Å². The number of halogens is 1. The summed E-state index contributed by atoms with van der Waals surface area (Å²) < 4.78 is 1.97. The first-order valence-corrected chi connectivity index (χ1v) is 8.55. The van der Waals surface area contributed by atoms with Crippen molar-refractivity contribution in [2.24, 2.45) is 11.7 Å². The van der Waals surface area contributed by atoms with Crippen molar-refractivity contribution in [1.29, 1.82) is 0 Å². The minimum atomic E-state index is -0.486. The number of carbonyl (C=O) groups excluding carboxylic acids is 1. The fourth-order valence-electron chi connectivity index (χ4n) is 3.43. The van der Waals surface area contributed by atoms with Gasteiger partial charge in [-0.2, -0.15) is 5.10 Å². The number of amides is 1. The fraction of sp³-hybridized carbons (Fsp3) is 0.471. The molecule has 1 saturated heterocycles. The number of nitrogens with two attached hydrogens (primary N) is 1. The predicted molar refractivity (Wildman–Crippen MR) is 94.4 cm³/mol. The average Bonchev–Trinajstić information content (AvgIpc) is 2.84. The van der Waals surface area contributed by atoms with E-state index in [1.54, 1.807) is 6.07 Å². The standard InChI is InChI=1S/C17H22ClN5O/c1-11-20-12(2)23(21-11)10-13-5-4-8-22(9-13)15-7-3-6-14(18)16(15)17(19)24/h3,6-7,13H,4-5,8-10H2,1-2H3,(H2,19,24). The molecular formula is C17H22ClN5O. The molecule has 128 valence electrons. The number of aryl methyl sites for hydroxylation is 2. The molecule has 2 N–H and O–H groups in total. The second-order valence-corrected chi connectivity index (χ2v) is 6.75. The number of carbonyl (C=O) groups is 1. The zero-order valence-electron chi connectivity index (χ0n) is 14.0. The highest BCUT2D eigenvalue weighted by atomic mass is 35.5. The number of aromatic nitrogens is 3. The molecule has 3 rings (SSSR count). The maximum absolute atomic E-state index is 11.8. The van der Waals surface area contributed by atoms with Gasteiger partial charge in [-0.05, 0) is 44.7 Å². The first kappa shape index (κ1) is 16.8. The fourth-order valence-corrected chi connectivity index (χ4v) is 3.69. The number of nitrogens with zero attached hydrogens (tertiary/aromatic N) is 4. The molecule has 0 bridgehead atoms. The molecule has 1 amide bonds. The number of hydrogen-bond donors (Lipinski definition) is 1. The van der Waals surface area contributed by atoms with Gasteiger partial charge in [0, 0.05) is 19.6 Å². The van der Waals surface area contributed by atoms with Crippen LogP contribution < -0.4 is 10.6 Å². The summed E-state index contributed by atoms with van der Waals surface area (Å²) in [5.41, 5.74) is 6.77. The van der Waals surface area contributed by atoms with Crippen molar-refractivity contribution in [3.8, 4) is 0 Å². The zero-order valence-corrected chi connectivity index (χ0v) is 14.8. The van der Waals surface area contributed by atoms with Gasteiger partial charge in [0.1, 0.15) is 11.6 Å². The monoisotopic (exact) mass is 347 g/mol. The molecular weight excluding hydrogens is 326 g/mol. The highest BCUT2D eigenvalue weighted by Gasteiger charge is 2.25. The van der Waals surface area contributed by atoms with Crippen LogP contribution in [0.2, 0.25) is 5.02 Å².